The molecular weight excluding hydrogens is 244 g/mol. The summed E-state index contributed by atoms with van der Waals surface area (Å²) in [6, 6.07) is 0. The summed E-state index contributed by atoms with van der Waals surface area (Å²) in [4.78, 5) is 10.7. The maximum Gasteiger partial charge on any atom is 0.129 e. The van der Waals surface area contributed by atoms with Crippen molar-refractivity contribution in [2.24, 2.45) is 0 Å². The fraction of sp³-hybridized carbons (Fsp3) is 0.632. The summed E-state index contributed by atoms with van der Waals surface area (Å²) in [6.07, 6.45) is 19.5. The van der Waals surface area contributed by atoms with Crippen LogP contribution in [0, 0.1) is 11.8 Å². The van der Waals surface area contributed by atoms with E-state index in [0.717, 1.165) is 32.1 Å². The van der Waals surface area contributed by atoms with E-state index < -0.39 is 0 Å². The summed E-state index contributed by atoms with van der Waals surface area (Å²) in [6.45, 7) is 3.88. The van der Waals surface area contributed by atoms with Crippen LogP contribution in [0.4, 0.5) is 0 Å². The van der Waals surface area contributed by atoms with Crippen molar-refractivity contribution >= 4 is 5.78 Å². The Morgan fingerprint density at radius 3 is 2.50 bits per heavy atom. The van der Waals surface area contributed by atoms with E-state index in [4.69, 9.17) is 0 Å². The first-order valence-corrected chi connectivity index (χ1v) is 8.02. The fourth-order valence-electron chi connectivity index (χ4n) is 1.79. The molecule has 0 amide bonds. The van der Waals surface area contributed by atoms with Crippen molar-refractivity contribution in [2.75, 3.05) is 0 Å². The van der Waals surface area contributed by atoms with Gasteiger partial charge in [-0.25, -0.2) is 0 Å². The van der Waals surface area contributed by atoms with E-state index in [1.807, 2.05) is 0 Å². The van der Waals surface area contributed by atoms with Gasteiger partial charge < -0.3 is 4.79 Å². The summed E-state index contributed by atoms with van der Waals surface area (Å²) in [5.41, 5.74) is 0. The van der Waals surface area contributed by atoms with E-state index >= 15 is 0 Å². The summed E-state index contributed by atoms with van der Waals surface area (Å²) in [5.74, 6) is 6.58. The normalized spacial score (nSPS) is 10.9. The van der Waals surface area contributed by atoms with Crippen molar-refractivity contribution in [1.29, 1.82) is 0 Å². The van der Waals surface area contributed by atoms with E-state index in [2.05, 4.69) is 43.1 Å². The van der Waals surface area contributed by atoms with Crippen molar-refractivity contribution in [1.82, 2.24) is 0 Å². The molecule has 0 heterocycles. The Kier molecular flexibility index (Phi) is 14.7. The fourth-order valence-corrected chi connectivity index (χ4v) is 1.79. The quantitative estimate of drug-likeness (QED) is 0.272. The first-order chi connectivity index (χ1) is 9.77. The Labute approximate surface area is 125 Å². The standard InChI is InChI=1S/C19H30O/c1-3-4-5-6-7-8-9-10-11-12-13-14-15-16-17-18-19(2)20/h7-8,10-11H,3-6,9,12,15-18H2,1-2H3. The zero-order valence-electron chi connectivity index (χ0n) is 13.3. The average molecular weight is 274 g/mol. The van der Waals surface area contributed by atoms with Gasteiger partial charge in [-0.05, 0) is 39.0 Å². The molecule has 0 saturated carbocycles. The highest BCUT2D eigenvalue weighted by molar-refractivity contribution is 5.75. The molecule has 0 radical (unpaired) electrons. The van der Waals surface area contributed by atoms with Crippen LogP contribution in [-0.4, -0.2) is 5.78 Å². The SMILES string of the molecule is CCCCCC=CCC=CCC#CCCCCC(C)=O. The molecule has 0 rings (SSSR count). The number of hydrogen-bond donors (Lipinski definition) is 0. The monoisotopic (exact) mass is 274 g/mol. The van der Waals surface area contributed by atoms with Crippen LogP contribution in [0.15, 0.2) is 24.3 Å². The van der Waals surface area contributed by atoms with Crippen LogP contribution < -0.4 is 0 Å². The molecule has 0 aliphatic rings. The average Bonchev–Trinajstić information content (AvgIpc) is 2.43. The molecule has 0 aromatic heterocycles. The molecular formula is C19H30O. The minimum absolute atomic E-state index is 0.281. The van der Waals surface area contributed by atoms with Crippen LogP contribution in [0.1, 0.15) is 78.1 Å². The molecule has 0 aromatic rings. The van der Waals surface area contributed by atoms with Crippen LogP contribution in [-0.2, 0) is 4.79 Å². The van der Waals surface area contributed by atoms with E-state index in [0.29, 0.717) is 6.42 Å². The number of rotatable bonds is 11. The molecule has 1 heteroatoms. The summed E-state index contributed by atoms with van der Waals surface area (Å²) < 4.78 is 0. The second-order valence-corrected chi connectivity index (χ2v) is 5.14. The van der Waals surface area contributed by atoms with Gasteiger partial charge >= 0.3 is 0 Å². The third-order valence-electron chi connectivity index (χ3n) is 3.01. The maximum absolute atomic E-state index is 10.7. The number of ketones is 1. The molecule has 0 N–H and O–H groups in total. The Morgan fingerprint density at radius 2 is 1.75 bits per heavy atom. The van der Waals surface area contributed by atoms with Gasteiger partial charge in [0.25, 0.3) is 0 Å². The molecule has 112 valence electrons. The van der Waals surface area contributed by atoms with Crippen LogP contribution >= 0.6 is 0 Å². The first-order valence-electron chi connectivity index (χ1n) is 8.02. The number of hydrogen-bond acceptors (Lipinski definition) is 1. The van der Waals surface area contributed by atoms with Crippen molar-refractivity contribution in [3.05, 3.63) is 24.3 Å². The molecule has 0 aliphatic carbocycles. The number of allylic oxidation sites excluding steroid dienone is 4. The predicted octanol–water partition coefficient (Wildman–Crippen LogP) is 5.61. The number of carbonyl (C=O) groups is 1. The van der Waals surface area contributed by atoms with Gasteiger partial charge in [0.15, 0.2) is 0 Å². The highest BCUT2D eigenvalue weighted by Crippen LogP contribution is 2.01. The number of carbonyl (C=O) groups excluding carboxylic acids is 1. The highest BCUT2D eigenvalue weighted by Gasteiger charge is 1.91. The van der Waals surface area contributed by atoms with Crippen LogP contribution in [0.2, 0.25) is 0 Å². The molecule has 0 unspecified atom stereocenters. The molecule has 1 nitrogen and oxygen atoms in total. The van der Waals surface area contributed by atoms with E-state index in [9.17, 15) is 4.79 Å². The van der Waals surface area contributed by atoms with Gasteiger partial charge in [-0.1, -0.05) is 50.0 Å². The first kappa shape index (κ1) is 18.7. The van der Waals surface area contributed by atoms with E-state index in [1.54, 1.807) is 6.92 Å². The zero-order valence-corrected chi connectivity index (χ0v) is 13.3. The lowest BCUT2D eigenvalue weighted by Gasteiger charge is -1.91. The predicted molar refractivity (Wildman–Crippen MR) is 88.6 cm³/mol. The number of Topliss-reactive ketones (excluding diaryl/α,β-unsaturated/α-hetero) is 1. The molecule has 20 heavy (non-hydrogen) atoms. The minimum Gasteiger partial charge on any atom is -0.300 e. The molecule has 0 atom stereocenters. The van der Waals surface area contributed by atoms with Gasteiger partial charge in [0.2, 0.25) is 0 Å². The van der Waals surface area contributed by atoms with E-state index in [-0.39, 0.29) is 5.78 Å². The Morgan fingerprint density at radius 1 is 0.950 bits per heavy atom. The van der Waals surface area contributed by atoms with Crippen LogP contribution in [0.5, 0.6) is 0 Å². The second kappa shape index (κ2) is 15.8. The van der Waals surface area contributed by atoms with Crippen LogP contribution in [0.25, 0.3) is 0 Å². The second-order valence-electron chi connectivity index (χ2n) is 5.14. The lowest BCUT2D eigenvalue weighted by molar-refractivity contribution is -0.117. The molecule has 0 aliphatic heterocycles. The molecule has 0 aromatic carbocycles. The molecule has 0 bridgehead atoms. The van der Waals surface area contributed by atoms with Gasteiger partial charge in [-0.2, -0.15) is 0 Å². The largest absolute Gasteiger partial charge is 0.300 e. The van der Waals surface area contributed by atoms with Crippen molar-refractivity contribution < 1.29 is 4.79 Å². The highest BCUT2D eigenvalue weighted by atomic mass is 16.1. The summed E-state index contributed by atoms with van der Waals surface area (Å²) in [7, 11) is 0. The van der Waals surface area contributed by atoms with Crippen LogP contribution in [0.3, 0.4) is 0 Å². The molecule has 0 fully saturated rings. The third kappa shape index (κ3) is 16.7. The number of unbranched alkanes of at least 4 members (excludes halogenated alkanes) is 5. The zero-order chi connectivity index (χ0) is 14.9. The minimum atomic E-state index is 0.281. The third-order valence-corrected chi connectivity index (χ3v) is 3.01. The lowest BCUT2D eigenvalue weighted by atomic mass is 10.1. The Balaban J connectivity index is 3.37. The van der Waals surface area contributed by atoms with Gasteiger partial charge in [0, 0.05) is 19.3 Å². The van der Waals surface area contributed by atoms with Gasteiger partial charge in [-0.3, -0.25) is 0 Å². The summed E-state index contributed by atoms with van der Waals surface area (Å²) >= 11 is 0. The van der Waals surface area contributed by atoms with Gasteiger partial charge in [-0.15, -0.1) is 5.92 Å². The van der Waals surface area contributed by atoms with E-state index in [1.165, 1.54) is 25.7 Å². The molecule has 0 saturated heterocycles. The van der Waals surface area contributed by atoms with Gasteiger partial charge in [0.1, 0.15) is 5.78 Å². The maximum atomic E-state index is 10.7. The van der Waals surface area contributed by atoms with Crippen molar-refractivity contribution in [2.45, 2.75) is 78.1 Å². The lowest BCUT2D eigenvalue weighted by Crippen LogP contribution is -1.88. The molecule has 0 spiro atoms. The topological polar surface area (TPSA) is 17.1 Å². The van der Waals surface area contributed by atoms with Gasteiger partial charge in [0.05, 0.1) is 0 Å². The van der Waals surface area contributed by atoms with Crippen molar-refractivity contribution in [3.63, 3.8) is 0 Å². The Bertz CT molecular complexity index is 339. The smallest absolute Gasteiger partial charge is 0.129 e. The summed E-state index contributed by atoms with van der Waals surface area (Å²) in [5, 5.41) is 0. The Hall–Kier alpha value is -1.29. The van der Waals surface area contributed by atoms with Crippen molar-refractivity contribution in [3.8, 4) is 11.8 Å².